The van der Waals surface area contributed by atoms with Crippen LogP contribution in [-0.2, 0) is 0 Å². The van der Waals surface area contributed by atoms with Gasteiger partial charge in [0.05, 0.1) is 35.4 Å². The number of hydrogen-bond donors (Lipinski definition) is 3. The van der Waals surface area contributed by atoms with Crippen molar-refractivity contribution in [3.8, 4) is 22.6 Å². The van der Waals surface area contributed by atoms with Crippen LogP contribution in [0.1, 0.15) is 43.1 Å². The monoisotopic (exact) mass is 537 g/mol. The molecular formula is C31H32FN7O. The van der Waals surface area contributed by atoms with Gasteiger partial charge in [-0.15, -0.1) is 0 Å². The largest absolute Gasteiger partial charge is 0.393 e. The summed E-state index contributed by atoms with van der Waals surface area (Å²) in [4.78, 5) is 21.4. The first-order valence-electron chi connectivity index (χ1n) is 13.7. The molecule has 2 saturated heterocycles. The van der Waals surface area contributed by atoms with Crippen molar-refractivity contribution in [2.24, 2.45) is 0 Å². The maximum Gasteiger partial charge on any atom is 0.130 e. The Morgan fingerprint density at radius 2 is 1.80 bits per heavy atom. The molecule has 3 aromatic heterocycles. The summed E-state index contributed by atoms with van der Waals surface area (Å²) in [5.41, 5.74) is 4.19. The molecule has 0 bridgehead atoms. The van der Waals surface area contributed by atoms with Gasteiger partial charge in [-0.3, -0.25) is 5.41 Å². The minimum absolute atomic E-state index is 0.00302. The van der Waals surface area contributed by atoms with E-state index in [1.54, 1.807) is 30.5 Å². The van der Waals surface area contributed by atoms with Crippen LogP contribution in [0.2, 0.25) is 0 Å². The van der Waals surface area contributed by atoms with E-state index in [1.165, 1.54) is 6.07 Å². The Hall–Kier alpha value is -4.37. The summed E-state index contributed by atoms with van der Waals surface area (Å²) in [6.45, 7) is 2.38. The Morgan fingerprint density at radius 3 is 2.60 bits per heavy atom. The van der Waals surface area contributed by atoms with Crippen LogP contribution >= 0.6 is 0 Å². The highest BCUT2D eigenvalue weighted by atomic mass is 19.1. The molecule has 4 aromatic rings. The van der Waals surface area contributed by atoms with Crippen molar-refractivity contribution in [2.75, 3.05) is 24.5 Å². The number of likely N-dealkylation sites (tertiary alicyclic amines) is 1. The number of aliphatic hydroxyl groups excluding tert-OH is 1. The molecule has 0 saturated carbocycles. The number of halogens is 1. The Bertz CT molecular complexity index is 1510. The molecule has 3 N–H and O–H groups in total. The zero-order chi connectivity index (χ0) is 27.5. The van der Waals surface area contributed by atoms with Crippen molar-refractivity contribution in [3.05, 3.63) is 90.3 Å². The predicted molar refractivity (Wildman–Crippen MR) is 154 cm³/mol. The van der Waals surface area contributed by atoms with Crippen molar-refractivity contribution in [1.82, 2.24) is 24.8 Å². The highest BCUT2D eigenvalue weighted by molar-refractivity contribution is 5.94. The lowest BCUT2D eigenvalue weighted by Gasteiger charge is -2.30. The molecule has 2 fully saturated rings. The highest BCUT2D eigenvalue weighted by Crippen LogP contribution is 2.32. The van der Waals surface area contributed by atoms with Crippen LogP contribution in [-0.4, -0.2) is 61.5 Å². The number of rotatable bonds is 6. The summed E-state index contributed by atoms with van der Waals surface area (Å²) in [5.74, 6) is 1.67. The summed E-state index contributed by atoms with van der Waals surface area (Å²) in [7, 11) is 0. The van der Waals surface area contributed by atoms with E-state index in [0.29, 0.717) is 11.7 Å². The standard InChI is InChI=1S/C31H32FN7O/c32-23-5-1-4-21(18-23)28-8-3-15-39(28)29(33)10-11-30-34-20-27(37-30)26-7-2-6-25(36-26)22-9-12-31(35-19-22)38-16-13-24(40)14-17-38/h1-2,4-7,9-12,18-20,24,28,33,40H,3,8,13-17H2,(H,34,37). The van der Waals surface area contributed by atoms with E-state index in [-0.39, 0.29) is 18.0 Å². The molecule has 2 aliphatic rings. The number of H-pyrrole nitrogens is 1. The molecule has 0 amide bonds. The summed E-state index contributed by atoms with van der Waals surface area (Å²) in [6.07, 6.45) is 10.3. The lowest BCUT2D eigenvalue weighted by molar-refractivity contribution is 0.145. The second-order valence-electron chi connectivity index (χ2n) is 10.3. The predicted octanol–water partition coefficient (Wildman–Crippen LogP) is 5.46. The summed E-state index contributed by atoms with van der Waals surface area (Å²) < 4.78 is 13.8. The SMILES string of the molecule is N=C(C=Cc1ncc(-c2cccc(-c3ccc(N4CCC(O)CC4)nc3)n2)[nH]1)N1CCCC1c1cccc(F)c1. The van der Waals surface area contributed by atoms with Crippen LogP contribution in [0.25, 0.3) is 28.7 Å². The third-order valence-corrected chi connectivity index (χ3v) is 7.65. The second kappa shape index (κ2) is 11.4. The minimum Gasteiger partial charge on any atom is -0.393 e. The molecular weight excluding hydrogens is 505 g/mol. The highest BCUT2D eigenvalue weighted by Gasteiger charge is 2.27. The third-order valence-electron chi connectivity index (χ3n) is 7.65. The summed E-state index contributed by atoms with van der Waals surface area (Å²) in [6, 6.07) is 16.6. The van der Waals surface area contributed by atoms with Gasteiger partial charge in [-0.25, -0.2) is 19.3 Å². The van der Waals surface area contributed by atoms with Gasteiger partial charge in [0.15, 0.2) is 0 Å². The number of piperidine rings is 1. The first-order chi connectivity index (χ1) is 19.5. The van der Waals surface area contributed by atoms with Crippen LogP contribution in [0.3, 0.4) is 0 Å². The Balaban J connectivity index is 1.13. The lowest BCUT2D eigenvalue weighted by Crippen LogP contribution is -2.36. The van der Waals surface area contributed by atoms with Gasteiger partial charge in [0.1, 0.15) is 23.3 Å². The number of amidine groups is 1. The number of nitrogens with one attached hydrogen (secondary N) is 2. The molecule has 0 spiro atoms. The Labute approximate surface area is 232 Å². The number of nitrogens with zero attached hydrogens (tertiary/aromatic N) is 5. The van der Waals surface area contributed by atoms with Crippen molar-refractivity contribution >= 4 is 17.7 Å². The minimum atomic E-state index is -0.250. The molecule has 0 radical (unpaired) electrons. The molecule has 1 atom stereocenters. The molecule has 1 aromatic carbocycles. The van der Waals surface area contributed by atoms with Gasteiger partial charge in [0, 0.05) is 31.4 Å². The van der Waals surface area contributed by atoms with Crippen LogP contribution in [0.15, 0.2) is 73.1 Å². The summed E-state index contributed by atoms with van der Waals surface area (Å²) >= 11 is 0. The fourth-order valence-corrected chi connectivity index (χ4v) is 5.49. The van der Waals surface area contributed by atoms with Crippen LogP contribution < -0.4 is 4.90 Å². The van der Waals surface area contributed by atoms with Gasteiger partial charge < -0.3 is 19.9 Å². The van der Waals surface area contributed by atoms with E-state index in [2.05, 4.69) is 19.9 Å². The van der Waals surface area contributed by atoms with Gasteiger partial charge in [0.25, 0.3) is 0 Å². The molecule has 5 heterocycles. The maximum absolute atomic E-state index is 13.8. The van der Waals surface area contributed by atoms with Crippen LogP contribution in [0, 0.1) is 11.2 Å². The quantitative estimate of drug-likeness (QED) is 0.223. The van der Waals surface area contributed by atoms with E-state index >= 15 is 0 Å². The van der Waals surface area contributed by atoms with Crippen LogP contribution in [0.5, 0.6) is 0 Å². The molecule has 8 nitrogen and oxygen atoms in total. The zero-order valence-corrected chi connectivity index (χ0v) is 22.2. The second-order valence-corrected chi connectivity index (χ2v) is 10.3. The molecule has 0 aliphatic carbocycles. The molecule has 9 heteroatoms. The van der Waals surface area contributed by atoms with Crippen molar-refractivity contribution in [3.63, 3.8) is 0 Å². The van der Waals surface area contributed by atoms with E-state index in [4.69, 9.17) is 10.4 Å². The van der Waals surface area contributed by atoms with Gasteiger partial charge in [0.2, 0.25) is 0 Å². The van der Waals surface area contributed by atoms with Gasteiger partial charge in [-0.2, -0.15) is 0 Å². The topological polar surface area (TPSA) is 105 Å². The fraction of sp³-hybridized carbons (Fsp3) is 0.290. The van der Waals surface area contributed by atoms with Crippen molar-refractivity contribution in [2.45, 2.75) is 37.8 Å². The maximum atomic E-state index is 13.8. The van der Waals surface area contributed by atoms with Crippen LogP contribution in [0.4, 0.5) is 10.2 Å². The molecule has 1 unspecified atom stereocenters. The number of hydrogen-bond acceptors (Lipinski definition) is 6. The average Bonchev–Trinajstić information content (AvgIpc) is 3.67. The Morgan fingerprint density at radius 1 is 0.975 bits per heavy atom. The van der Waals surface area contributed by atoms with E-state index < -0.39 is 0 Å². The lowest BCUT2D eigenvalue weighted by atomic mass is 10.0. The average molecular weight is 538 g/mol. The fourth-order valence-electron chi connectivity index (χ4n) is 5.49. The first-order valence-corrected chi connectivity index (χ1v) is 13.7. The summed E-state index contributed by atoms with van der Waals surface area (Å²) in [5, 5.41) is 18.4. The number of benzene rings is 1. The van der Waals surface area contributed by atoms with Gasteiger partial charge >= 0.3 is 0 Å². The Kier molecular flexibility index (Phi) is 7.37. The van der Waals surface area contributed by atoms with Crippen molar-refractivity contribution in [1.29, 1.82) is 5.41 Å². The number of imidazole rings is 1. The number of pyridine rings is 2. The van der Waals surface area contributed by atoms with Gasteiger partial charge in [-0.05, 0) is 79.8 Å². The normalized spacial score (nSPS) is 18.1. The molecule has 204 valence electrons. The molecule has 2 aliphatic heterocycles. The third kappa shape index (κ3) is 5.65. The zero-order valence-electron chi connectivity index (χ0n) is 22.2. The number of anilines is 1. The van der Waals surface area contributed by atoms with E-state index in [0.717, 1.165) is 79.3 Å². The number of aromatic amines is 1. The molecule has 6 rings (SSSR count). The van der Waals surface area contributed by atoms with Crippen molar-refractivity contribution < 1.29 is 9.50 Å². The first kappa shape index (κ1) is 25.9. The van der Waals surface area contributed by atoms with E-state index in [9.17, 15) is 9.50 Å². The van der Waals surface area contributed by atoms with Gasteiger partial charge in [-0.1, -0.05) is 18.2 Å². The number of aromatic nitrogens is 4. The van der Waals surface area contributed by atoms with E-state index in [1.807, 2.05) is 47.5 Å². The number of aliphatic hydroxyl groups is 1. The smallest absolute Gasteiger partial charge is 0.130 e. The molecule has 40 heavy (non-hydrogen) atoms.